The highest BCUT2D eigenvalue weighted by Crippen LogP contribution is 2.23. The second kappa shape index (κ2) is 6.13. The summed E-state index contributed by atoms with van der Waals surface area (Å²) in [6.45, 7) is 0.868. The molecule has 0 aliphatic carbocycles. The molecule has 4 rings (SSSR count). The lowest BCUT2D eigenvalue weighted by atomic mass is 10.1. The van der Waals surface area contributed by atoms with Crippen LogP contribution in [0.15, 0.2) is 51.7 Å². The first-order chi connectivity index (χ1) is 12.2. The van der Waals surface area contributed by atoms with Crippen molar-refractivity contribution in [3.05, 3.63) is 54.0 Å². The fourth-order valence-corrected chi connectivity index (χ4v) is 2.44. The Kier molecular flexibility index (Phi) is 3.67. The fourth-order valence-electron chi connectivity index (χ4n) is 2.44. The zero-order valence-electron chi connectivity index (χ0n) is 13.0. The normalized spacial score (nSPS) is 14.0. The third-order valence-electron chi connectivity index (χ3n) is 3.78. The number of pyridine rings is 1. The number of ether oxygens (including phenoxy) is 1. The van der Waals surface area contributed by atoms with E-state index in [1.54, 1.807) is 35.2 Å². The Balaban J connectivity index is 1.34. The lowest BCUT2D eigenvalue weighted by molar-refractivity contribution is 0.0153. The first kappa shape index (κ1) is 15.0. The Morgan fingerprint density at radius 3 is 2.88 bits per heavy atom. The lowest BCUT2D eigenvalue weighted by Crippen LogP contribution is -2.56. The molecule has 4 heterocycles. The molecule has 0 unspecified atom stereocenters. The van der Waals surface area contributed by atoms with E-state index in [1.165, 1.54) is 12.5 Å². The van der Waals surface area contributed by atoms with Crippen molar-refractivity contribution in [1.29, 1.82) is 5.26 Å². The molecule has 1 fully saturated rings. The Morgan fingerprint density at radius 1 is 1.32 bits per heavy atom. The van der Waals surface area contributed by atoms with Gasteiger partial charge in [0.15, 0.2) is 11.5 Å². The highest BCUT2D eigenvalue weighted by atomic mass is 16.5. The zero-order chi connectivity index (χ0) is 17.2. The van der Waals surface area contributed by atoms with Gasteiger partial charge in [0.1, 0.15) is 12.2 Å². The van der Waals surface area contributed by atoms with Crippen molar-refractivity contribution in [1.82, 2.24) is 15.0 Å². The lowest BCUT2D eigenvalue weighted by Gasteiger charge is -2.38. The number of amides is 1. The number of furan rings is 1. The van der Waals surface area contributed by atoms with Crippen LogP contribution in [0.3, 0.4) is 0 Å². The summed E-state index contributed by atoms with van der Waals surface area (Å²) in [7, 11) is 0. The molecule has 1 aliphatic rings. The second-order valence-corrected chi connectivity index (χ2v) is 5.50. The predicted octanol–water partition coefficient (Wildman–Crippen LogP) is 2.10. The maximum Gasteiger partial charge on any atom is 0.276 e. The summed E-state index contributed by atoms with van der Waals surface area (Å²) in [4.78, 5) is 18.0. The maximum absolute atomic E-state index is 12.4. The van der Waals surface area contributed by atoms with E-state index < -0.39 is 0 Å². The van der Waals surface area contributed by atoms with Gasteiger partial charge in [-0.15, -0.1) is 0 Å². The number of nitrogens with zero attached hydrogens (tertiary/aromatic N) is 4. The monoisotopic (exact) mass is 336 g/mol. The van der Waals surface area contributed by atoms with Crippen molar-refractivity contribution in [2.24, 2.45) is 0 Å². The molecular weight excluding hydrogens is 324 g/mol. The molecule has 0 aromatic carbocycles. The molecule has 0 atom stereocenters. The molecular formula is C17H12N4O4. The number of hydrogen-bond donors (Lipinski definition) is 0. The van der Waals surface area contributed by atoms with Gasteiger partial charge in [0, 0.05) is 18.3 Å². The van der Waals surface area contributed by atoms with Crippen LogP contribution in [0.25, 0.3) is 11.5 Å². The summed E-state index contributed by atoms with van der Waals surface area (Å²) in [5.41, 5.74) is 0.692. The van der Waals surface area contributed by atoms with E-state index in [1.807, 2.05) is 6.07 Å². The topological polar surface area (TPSA) is 105 Å². The average molecular weight is 336 g/mol. The van der Waals surface area contributed by atoms with Crippen molar-refractivity contribution >= 4 is 5.91 Å². The van der Waals surface area contributed by atoms with Gasteiger partial charge >= 0.3 is 0 Å². The highest BCUT2D eigenvalue weighted by molar-refractivity contribution is 5.93. The van der Waals surface area contributed by atoms with Gasteiger partial charge in [0.2, 0.25) is 11.6 Å². The quantitative estimate of drug-likeness (QED) is 0.718. The molecule has 0 saturated carbocycles. The molecule has 124 valence electrons. The number of carbonyl (C=O) groups excluding carboxylic acids is 1. The summed E-state index contributed by atoms with van der Waals surface area (Å²) in [5.74, 6) is 1.12. The van der Waals surface area contributed by atoms with Crippen LogP contribution in [0.1, 0.15) is 16.1 Å². The number of hydrogen-bond acceptors (Lipinski definition) is 7. The van der Waals surface area contributed by atoms with Gasteiger partial charge in [-0.05, 0) is 18.2 Å². The van der Waals surface area contributed by atoms with Crippen molar-refractivity contribution in [3.8, 4) is 23.5 Å². The molecule has 3 aromatic rings. The molecule has 0 bridgehead atoms. The number of aromatic nitrogens is 2. The van der Waals surface area contributed by atoms with E-state index in [-0.39, 0.29) is 17.7 Å². The minimum Gasteiger partial charge on any atom is -0.471 e. The molecule has 0 spiro atoms. The van der Waals surface area contributed by atoms with Gasteiger partial charge in [-0.2, -0.15) is 5.26 Å². The van der Waals surface area contributed by atoms with Gasteiger partial charge in [0.25, 0.3) is 5.91 Å². The van der Waals surface area contributed by atoms with E-state index in [2.05, 4.69) is 10.1 Å². The molecule has 8 heteroatoms. The van der Waals surface area contributed by atoms with Crippen LogP contribution < -0.4 is 4.74 Å². The Morgan fingerprint density at radius 2 is 2.20 bits per heavy atom. The minimum absolute atomic E-state index is 0.138. The van der Waals surface area contributed by atoms with Crippen molar-refractivity contribution in [2.45, 2.75) is 6.10 Å². The van der Waals surface area contributed by atoms with Crippen molar-refractivity contribution in [3.63, 3.8) is 0 Å². The third kappa shape index (κ3) is 2.95. The smallest absolute Gasteiger partial charge is 0.276 e. The highest BCUT2D eigenvalue weighted by Gasteiger charge is 2.34. The van der Waals surface area contributed by atoms with E-state index in [4.69, 9.17) is 18.9 Å². The van der Waals surface area contributed by atoms with Crippen molar-refractivity contribution < 1.29 is 18.5 Å². The number of likely N-dealkylation sites (tertiary alicyclic amines) is 1. The fraction of sp³-hybridized carbons (Fsp3) is 0.176. The summed E-state index contributed by atoms with van der Waals surface area (Å²) in [6.07, 6.45) is 2.83. The maximum atomic E-state index is 12.4. The summed E-state index contributed by atoms with van der Waals surface area (Å²) >= 11 is 0. The summed E-state index contributed by atoms with van der Waals surface area (Å²) < 4.78 is 16.0. The molecule has 0 N–H and O–H groups in total. The first-order valence-corrected chi connectivity index (χ1v) is 7.55. The SMILES string of the molecule is N#Cc1ccc(OC2CN(C(=O)c3cc(-c4ccco4)on3)C2)nc1. The van der Waals surface area contributed by atoms with Gasteiger partial charge < -0.3 is 18.6 Å². The van der Waals surface area contributed by atoms with Gasteiger partial charge in [-0.25, -0.2) is 4.98 Å². The van der Waals surface area contributed by atoms with Crippen LogP contribution in [0.5, 0.6) is 5.88 Å². The number of nitriles is 1. The third-order valence-corrected chi connectivity index (χ3v) is 3.78. The number of rotatable bonds is 4. The summed E-state index contributed by atoms with van der Waals surface area (Å²) in [6, 6.07) is 10.3. The second-order valence-electron chi connectivity index (χ2n) is 5.50. The van der Waals surface area contributed by atoms with E-state index in [9.17, 15) is 4.79 Å². The molecule has 3 aromatic heterocycles. The minimum atomic E-state index is -0.228. The Bertz CT molecular complexity index is 918. The Hall–Kier alpha value is -3.60. The van der Waals surface area contributed by atoms with Crippen LogP contribution in [0.4, 0.5) is 0 Å². The van der Waals surface area contributed by atoms with Crippen LogP contribution >= 0.6 is 0 Å². The largest absolute Gasteiger partial charge is 0.471 e. The number of carbonyl (C=O) groups is 1. The van der Waals surface area contributed by atoms with E-state index >= 15 is 0 Å². The Labute approximate surface area is 142 Å². The van der Waals surface area contributed by atoms with Crippen LogP contribution in [-0.2, 0) is 0 Å². The van der Waals surface area contributed by atoms with Gasteiger partial charge in [-0.1, -0.05) is 5.16 Å². The van der Waals surface area contributed by atoms with Gasteiger partial charge in [0.05, 0.1) is 24.9 Å². The van der Waals surface area contributed by atoms with Crippen LogP contribution in [0, 0.1) is 11.3 Å². The molecule has 8 nitrogen and oxygen atoms in total. The first-order valence-electron chi connectivity index (χ1n) is 7.55. The molecule has 1 aliphatic heterocycles. The standard InChI is InChI=1S/C17H12N4O4/c18-7-11-3-4-16(19-8-11)24-12-9-21(10-12)17(22)13-6-15(25-20-13)14-2-1-5-23-14/h1-6,8,12H,9-10H2. The van der Waals surface area contributed by atoms with Crippen LogP contribution in [0.2, 0.25) is 0 Å². The van der Waals surface area contributed by atoms with E-state index in [0.717, 1.165) is 0 Å². The predicted molar refractivity (Wildman–Crippen MR) is 83.5 cm³/mol. The average Bonchev–Trinajstić information content (AvgIpc) is 3.28. The van der Waals surface area contributed by atoms with Gasteiger partial charge in [-0.3, -0.25) is 4.79 Å². The molecule has 0 radical (unpaired) electrons. The molecule has 1 saturated heterocycles. The molecule has 1 amide bonds. The van der Waals surface area contributed by atoms with E-state index in [0.29, 0.717) is 36.1 Å². The zero-order valence-corrected chi connectivity index (χ0v) is 13.0. The molecule has 25 heavy (non-hydrogen) atoms. The van der Waals surface area contributed by atoms with Crippen molar-refractivity contribution in [2.75, 3.05) is 13.1 Å². The summed E-state index contributed by atoms with van der Waals surface area (Å²) in [5, 5.41) is 12.5. The van der Waals surface area contributed by atoms with Crippen LogP contribution in [-0.4, -0.2) is 40.1 Å².